The fourth-order valence-electron chi connectivity index (χ4n) is 5.08. The Morgan fingerprint density at radius 3 is 2.73 bits per heavy atom. The van der Waals surface area contributed by atoms with E-state index in [9.17, 15) is 9.59 Å². The molecular weight excluding hydrogens is 346 g/mol. The van der Waals surface area contributed by atoms with Gasteiger partial charge in [-0.25, -0.2) is 4.79 Å². The van der Waals surface area contributed by atoms with Gasteiger partial charge in [-0.05, 0) is 68.8 Å². The Morgan fingerprint density at radius 2 is 2.00 bits per heavy atom. The molecule has 0 saturated heterocycles. The summed E-state index contributed by atoms with van der Waals surface area (Å²) in [6.07, 6.45) is 10.9. The zero-order valence-corrected chi connectivity index (χ0v) is 16.5. The molecule has 1 heterocycles. The van der Waals surface area contributed by atoms with Gasteiger partial charge >= 0.3 is 5.97 Å². The molecule has 1 aromatic rings. The molecule has 4 nitrogen and oxygen atoms in total. The SMILES string of the molecule is CCCOC(=O)c1c(NC(=O)C2CC3CCC2C3)sc2c1CCCCC2. The number of thiophene rings is 1. The molecule has 0 radical (unpaired) electrons. The number of hydrogen-bond acceptors (Lipinski definition) is 4. The van der Waals surface area contributed by atoms with Gasteiger partial charge in [-0.15, -0.1) is 11.3 Å². The maximum atomic E-state index is 12.9. The Labute approximate surface area is 159 Å². The van der Waals surface area contributed by atoms with Crippen LogP contribution in [0, 0.1) is 17.8 Å². The summed E-state index contributed by atoms with van der Waals surface area (Å²) in [5.74, 6) is 1.29. The van der Waals surface area contributed by atoms with Crippen LogP contribution in [0.2, 0.25) is 0 Å². The number of amides is 1. The molecule has 1 N–H and O–H groups in total. The number of carbonyl (C=O) groups excluding carboxylic acids is 2. The van der Waals surface area contributed by atoms with Gasteiger partial charge in [0.05, 0.1) is 12.2 Å². The van der Waals surface area contributed by atoms with Crippen molar-refractivity contribution in [1.29, 1.82) is 0 Å². The number of esters is 1. The predicted molar refractivity (Wildman–Crippen MR) is 104 cm³/mol. The molecule has 0 spiro atoms. The van der Waals surface area contributed by atoms with E-state index in [0.29, 0.717) is 18.1 Å². The fourth-order valence-corrected chi connectivity index (χ4v) is 6.36. The van der Waals surface area contributed by atoms with Crippen molar-refractivity contribution in [1.82, 2.24) is 0 Å². The monoisotopic (exact) mass is 375 g/mol. The van der Waals surface area contributed by atoms with E-state index in [2.05, 4.69) is 5.32 Å². The van der Waals surface area contributed by atoms with Crippen molar-refractivity contribution in [2.24, 2.45) is 17.8 Å². The molecule has 2 bridgehead atoms. The molecule has 3 aliphatic carbocycles. The van der Waals surface area contributed by atoms with Crippen LogP contribution < -0.4 is 5.32 Å². The van der Waals surface area contributed by atoms with Gasteiger partial charge in [0.25, 0.3) is 0 Å². The lowest BCUT2D eigenvalue weighted by Gasteiger charge is -2.20. The van der Waals surface area contributed by atoms with Crippen LogP contribution in [0.1, 0.15) is 79.1 Å². The highest BCUT2D eigenvalue weighted by molar-refractivity contribution is 7.17. The van der Waals surface area contributed by atoms with Gasteiger partial charge in [0.1, 0.15) is 5.00 Å². The first-order valence-electron chi connectivity index (χ1n) is 10.3. The molecule has 3 aliphatic rings. The van der Waals surface area contributed by atoms with Crippen molar-refractivity contribution in [2.75, 3.05) is 11.9 Å². The largest absolute Gasteiger partial charge is 0.462 e. The zero-order valence-electron chi connectivity index (χ0n) is 15.6. The van der Waals surface area contributed by atoms with Crippen LogP contribution >= 0.6 is 11.3 Å². The fraction of sp³-hybridized carbons (Fsp3) is 0.714. The third-order valence-electron chi connectivity index (χ3n) is 6.37. The van der Waals surface area contributed by atoms with Gasteiger partial charge in [-0.3, -0.25) is 4.79 Å². The molecule has 3 atom stereocenters. The molecule has 26 heavy (non-hydrogen) atoms. The standard InChI is InChI=1S/C21H29NO3S/c1-2-10-25-21(24)18-15-6-4-3-5-7-17(15)26-20(18)22-19(23)16-12-13-8-9-14(16)11-13/h13-14,16H,2-12H2,1H3,(H,22,23). The van der Waals surface area contributed by atoms with Gasteiger partial charge in [0, 0.05) is 10.8 Å². The summed E-state index contributed by atoms with van der Waals surface area (Å²) in [5.41, 5.74) is 1.79. The lowest BCUT2D eigenvalue weighted by Crippen LogP contribution is -2.27. The molecule has 5 heteroatoms. The van der Waals surface area contributed by atoms with E-state index in [4.69, 9.17) is 4.74 Å². The van der Waals surface area contributed by atoms with Crippen LogP contribution in [0.4, 0.5) is 5.00 Å². The average molecular weight is 376 g/mol. The lowest BCUT2D eigenvalue weighted by molar-refractivity contribution is -0.121. The van der Waals surface area contributed by atoms with E-state index in [1.807, 2.05) is 6.92 Å². The number of hydrogen-bond donors (Lipinski definition) is 1. The highest BCUT2D eigenvalue weighted by Gasteiger charge is 2.43. The van der Waals surface area contributed by atoms with Gasteiger partial charge in [0.15, 0.2) is 0 Å². The molecular formula is C21H29NO3S. The Bertz CT molecular complexity index is 696. The van der Waals surface area contributed by atoms with Crippen molar-refractivity contribution in [3.63, 3.8) is 0 Å². The summed E-state index contributed by atoms with van der Waals surface area (Å²) in [6.45, 7) is 2.43. The molecule has 142 valence electrons. The maximum Gasteiger partial charge on any atom is 0.341 e. The number of anilines is 1. The normalized spacial score (nSPS) is 27.0. The lowest BCUT2D eigenvalue weighted by atomic mass is 9.88. The van der Waals surface area contributed by atoms with E-state index < -0.39 is 0 Å². The molecule has 0 aliphatic heterocycles. The summed E-state index contributed by atoms with van der Waals surface area (Å²) in [5, 5.41) is 3.89. The van der Waals surface area contributed by atoms with Gasteiger partial charge in [-0.1, -0.05) is 19.8 Å². The molecule has 1 aromatic heterocycles. The number of fused-ring (bicyclic) bond motifs is 3. The van der Waals surface area contributed by atoms with E-state index in [1.165, 1.54) is 30.6 Å². The second-order valence-electron chi connectivity index (χ2n) is 8.18. The van der Waals surface area contributed by atoms with Crippen molar-refractivity contribution in [3.05, 3.63) is 16.0 Å². The van der Waals surface area contributed by atoms with Crippen molar-refractivity contribution < 1.29 is 14.3 Å². The number of rotatable bonds is 5. The topological polar surface area (TPSA) is 55.4 Å². The minimum absolute atomic E-state index is 0.123. The second kappa shape index (κ2) is 7.71. The minimum Gasteiger partial charge on any atom is -0.462 e. The van der Waals surface area contributed by atoms with Crippen LogP contribution in [0.5, 0.6) is 0 Å². The number of nitrogens with one attached hydrogen (secondary N) is 1. The van der Waals surface area contributed by atoms with Crippen molar-refractivity contribution in [3.8, 4) is 0 Å². The minimum atomic E-state index is -0.255. The van der Waals surface area contributed by atoms with Crippen molar-refractivity contribution in [2.45, 2.75) is 71.1 Å². The highest BCUT2D eigenvalue weighted by Crippen LogP contribution is 2.49. The van der Waals surface area contributed by atoms with Crippen LogP contribution in [0.3, 0.4) is 0 Å². The van der Waals surface area contributed by atoms with Crippen LogP contribution in [0.15, 0.2) is 0 Å². The quantitative estimate of drug-likeness (QED) is 0.585. The maximum absolute atomic E-state index is 12.9. The summed E-state index contributed by atoms with van der Waals surface area (Å²) in [4.78, 5) is 26.9. The first-order chi connectivity index (χ1) is 12.7. The third kappa shape index (κ3) is 3.42. The van der Waals surface area contributed by atoms with Crippen LogP contribution in [-0.2, 0) is 22.4 Å². The van der Waals surface area contributed by atoms with Crippen molar-refractivity contribution >= 4 is 28.2 Å². The van der Waals surface area contributed by atoms with Gasteiger partial charge < -0.3 is 10.1 Å². The first kappa shape index (κ1) is 18.0. The molecule has 4 rings (SSSR count). The third-order valence-corrected chi connectivity index (χ3v) is 7.58. The Balaban J connectivity index is 1.58. The summed E-state index contributed by atoms with van der Waals surface area (Å²) < 4.78 is 5.46. The molecule has 3 unspecified atom stereocenters. The first-order valence-corrected chi connectivity index (χ1v) is 11.1. The predicted octanol–water partition coefficient (Wildman–Crippen LogP) is 4.96. The second-order valence-corrected chi connectivity index (χ2v) is 9.28. The van der Waals surface area contributed by atoms with Gasteiger partial charge in [0.2, 0.25) is 5.91 Å². The average Bonchev–Trinajstić information content (AvgIpc) is 3.30. The highest BCUT2D eigenvalue weighted by atomic mass is 32.1. The zero-order chi connectivity index (χ0) is 18.1. The molecule has 2 fully saturated rings. The number of aryl methyl sites for hydroxylation is 1. The summed E-state index contributed by atoms with van der Waals surface area (Å²) in [7, 11) is 0. The number of carbonyl (C=O) groups is 2. The van der Waals surface area contributed by atoms with Gasteiger partial charge in [-0.2, -0.15) is 0 Å². The van der Waals surface area contributed by atoms with E-state index in [1.54, 1.807) is 11.3 Å². The molecule has 0 aromatic carbocycles. The Morgan fingerprint density at radius 1 is 1.15 bits per heavy atom. The molecule has 1 amide bonds. The Kier molecular flexibility index (Phi) is 5.35. The smallest absolute Gasteiger partial charge is 0.341 e. The Hall–Kier alpha value is -1.36. The van der Waals surface area contributed by atoms with E-state index in [0.717, 1.165) is 55.0 Å². The molecule has 2 saturated carbocycles. The summed E-state index contributed by atoms with van der Waals surface area (Å²) >= 11 is 1.61. The number of ether oxygens (including phenoxy) is 1. The van der Waals surface area contributed by atoms with Crippen LogP contribution in [-0.4, -0.2) is 18.5 Å². The van der Waals surface area contributed by atoms with Crippen LogP contribution in [0.25, 0.3) is 0 Å². The van der Waals surface area contributed by atoms with E-state index >= 15 is 0 Å². The summed E-state index contributed by atoms with van der Waals surface area (Å²) in [6, 6.07) is 0. The van der Waals surface area contributed by atoms with E-state index in [-0.39, 0.29) is 17.8 Å².